The van der Waals surface area contributed by atoms with Gasteiger partial charge in [0, 0.05) is 32.1 Å². The van der Waals surface area contributed by atoms with E-state index in [1.165, 1.54) is 22.5 Å². The highest BCUT2D eigenvalue weighted by molar-refractivity contribution is 7.09. The third-order valence-electron chi connectivity index (χ3n) is 4.32. The number of hydrogen-bond acceptors (Lipinski definition) is 5. The molecule has 0 spiro atoms. The maximum atomic E-state index is 12.9. The number of aromatic nitrogens is 1. The summed E-state index contributed by atoms with van der Waals surface area (Å²) >= 11 is 1.47. The molecule has 3 rings (SSSR count). The molecule has 0 radical (unpaired) electrons. The minimum atomic E-state index is -0.000305. The molecular formula is C18H24ClN3O2S. The van der Waals surface area contributed by atoms with Crippen molar-refractivity contribution in [3.8, 4) is 0 Å². The largest absolute Gasteiger partial charge is 0.378 e. The Morgan fingerprint density at radius 2 is 2.16 bits per heavy atom. The Kier molecular flexibility index (Phi) is 7.38. The molecule has 5 nitrogen and oxygen atoms in total. The van der Waals surface area contributed by atoms with E-state index in [1.807, 2.05) is 10.3 Å². The van der Waals surface area contributed by atoms with Crippen molar-refractivity contribution in [1.82, 2.24) is 15.2 Å². The van der Waals surface area contributed by atoms with Gasteiger partial charge in [0.1, 0.15) is 10.7 Å². The van der Waals surface area contributed by atoms with E-state index in [-0.39, 0.29) is 24.4 Å². The molecule has 2 heterocycles. The van der Waals surface area contributed by atoms with Crippen LogP contribution in [0.1, 0.15) is 39.6 Å². The first-order valence-electron chi connectivity index (χ1n) is 8.26. The molecule has 1 amide bonds. The molecule has 2 aromatic rings. The van der Waals surface area contributed by atoms with Gasteiger partial charge in [-0.25, -0.2) is 4.98 Å². The zero-order valence-electron chi connectivity index (χ0n) is 14.5. The summed E-state index contributed by atoms with van der Waals surface area (Å²) in [5.41, 5.74) is 2.99. The van der Waals surface area contributed by atoms with E-state index in [9.17, 15) is 4.79 Å². The summed E-state index contributed by atoms with van der Waals surface area (Å²) < 4.78 is 5.09. The third kappa shape index (κ3) is 4.58. The number of ether oxygens (including phenoxy) is 1. The number of carbonyl (C=O) groups excluding carboxylic acids is 1. The second-order valence-electron chi connectivity index (χ2n) is 5.87. The first-order valence-corrected chi connectivity index (χ1v) is 9.14. The number of halogens is 1. The van der Waals surface area contributed by atoms with E-state index in [2.05, 4.69) is 41.5 Å². The molecule has 1 aromatic carbocycles. The maximum Gasteiger partial charge on any atom is 0.273 e. The van der Waals surface area contributed by atoms with Crippen LogP contribution in [0, 0.1) is 0 Å². The predicted molar refractivity (Wildman–Crippen MR) is 103 cm³/mol. The zero-order valence-corrected chi connectivity index (χ0v) is 16.2. The van der Waals surface area contributed by atoms with Gasteiger partial charge >= 0.3 is 0 Å². The fraction of sp³-hybridized carbons (Fsp3) is 0.444. The molecule has 0 aliphatic carbocycles. The molecule has 25 heavy (non-hydrogen) atoms. The topological polar surface area (TPSA) is 54.5 Å². The van der Waals surface area contributed by atoms with E-state index in [0.717, 1.165) is 24.5 Å². The number of methoxy groups -OCH3 is 1. The van der Waals surface area contributed by atoms with Crippen molar-refractivity contribution in [1.29, 1.82) is 0 Å². The van der Waals surface area contributed by atoms with Crippen LogP contribution in [0.15, 0.2) is 29.6 Å². The van der Waals surface area contributed by atoms with Gasteiger partial charge in [-0.05, 0) is 17.5 Å². The molecular weight excluding hydrogens is 358 g/mol. The number of hydrogen-bond donors (Lipinski definition) is 1. The van der Waals surface area contributed by atoms with E-state index in [4.69, 9.17) is 4.74 Å². The van der Waals surface area contributed by atoms with Gasteiger partial charge in [-0.15, -0.1) is 23.7 Å². The number of benzene rings is 1. The molecule has 1 saturated heterocycles. The molecule has 1 aliphatic rings. The highest BCUT2D eigenvalue weighted by Gasteiger charge is 2.29. The number of amides is 1. The number of nitrogens with one attached hydrogen (secondary N) is 1. The van der Waals surface area contributed by atoms with Crippen LogP contribution in [0.4, 0.5) is 0 Å². The minimum Gasteiger partial charge on any atom is -0.378 e. The number of rotatable bonds is 5. The van der Waals surface area contributed by atoms with Crippen molar-refractivity contribution in [2.45, 2.75) is 26.0 Å². The van der Waals surface area contributed by atoms with Crippen LogP contribution in [0.5, 0.6) is 0 Å². The van der Waals surface area contributed by atoms with Crippen LogP contribution < -0.4 is 5.32 Å². The average Bonchev–Trinajstić information content (AvgIpc) is 3.10. The number of carbonyl (C=O) groups is 1. The highest BCUT2D eigenvalue weighted by atomic mass is 35.5. The third-order valence-corrected chi connectivity index (χ3v) is 5.14. The smallest absolute Gasteiger partial charge is 0.273 e. The van der Waals surface area contributed by atoms with Crippen molar-refractivity contribution in [2.75, 3.05) is 26.7 Å². The number of thiazole rings is 1. The molecule has 136 valence electrons. The van der Waals surface area contributed by atoms with Crippen LogP contribution >= 0.6 is 23.7 Å². The Morgan fingerprint density at radius 3 is 2.84 bits per heavy atom. The van der Waals surface area contributed by atoms with Crippen LogP contribution in [0.3, 0.4) is 0 Å². The first kappa shape index (κ1) is 19.8. The van der Waals surface area contributed by atoms with Gasteiger partial charge in [-0.1, -0.05) is 31.2 Å². The molecule has 1 unspecified atom stereocenters. The van der Waals surface area contributed by atoms with E-state index < -0.39 is 0 Å². The van der Waals surface area contributed by atoms with Crippen LogP contribution in [0.25, 0.3) is 0 Å². The lowest BCUT2D eigenvalue weighted by atomic mass is 10.0. The summed E-state index contributed by atoms with van der Waals surface area (Å²) in [4.78, 5) is 19.3. The first-order chi connectivity index (χ1) is 11.7. The van der Waals surface area contributed by atoms with Gasteiger partial charge < -0.3 is 15.0 Å². The second-order valence-corrected chi connectivity index (χ2v) is 6.82. The Morgan fingerprint density at radius 1 is 1.40 bits per heavy atom. The predicted octanol–water partition coefficient (Wildman–Crippen LogP) is 3.06. The standard InChI is InChI=1S/C18H23N3O2S.ClH/c1-3-13-4-6-14(7-5-13)16-10-19-8-9-21(16)18(22)15-12-24-17(20-15)11-23-2;/h4-7,12,16,19H,3,8-11H2,1-2H3;1H. The van der Waals surface area contributed by atoms with Crippen molar-refractivity contribution < 1.29 is 9.53 Å². The molecule has 1 fully saturated rings. The average molecular weight is 382 g/mol. The minimum absolute atomic E-state index is 0. The van der Waals surface area contributed by atoms with E-state index >= 15 is 0 Å². The summed E-state index contributed by atoms with van der Waals surface area (Å²) in [5.74, 6) is -0.000305. The fourth-order valence-electron chi connectivity index (χ4n) is 2.97. The van der Waals surface area contributed by atoms with Gasteiger partial charge in [-0.2, -0.15) is 0 Å². The molecule has 1 N–H and O–H groups in total. The Balaban J connectivity index is 0.00000225. The lowest BCUT2D eigenvalue weighted by molar-refractivity contribution is 0.0628. The van der Waals surface area contributed by atoms with Crippen molar-refractivity contribution in [3.63, 3.8) is 0 Å². The lowest BCUT2D eigenvalue weighted by Crippen LogP contribution is -2.48. The van der Waals surface area contributed by atoms with Crippen LogP contribution in [-0.2, 0) is 17.8 Å². The molecule has 0 saturated carbocycles. The van der Waals surface area contributed by atoms with Gasteiger partial charge in [0.25, 0.3) is 5.91 Å². The monoisotopic (exact) mass is 381 g/mol. The molecule has 1 aromatic heterocycles. The summed E-state index contributed by atoms with van der Waals surface area (Å²) in [5, 5.41) is 6.05. The SMILES string of the molecule is CCc1ccc(C2CNCCN2C(=O)c2csc(COC)n2)cc1.Cl. The van der Waals surface area contributed by atoms with E-state index in [1.54, 1.807) is 7.11 Å². The molecule has 7 heteroatoms. The summed E-state index contributed by atoms with van der Waals surface area (Å²) in [6.45, 7) is 4.86. The number of piperazine rings is 1. The summed E-state index contributed by atoms with van der Waals surface area (Å²) in [6, 6.07) is 8.60. The summed E-state index contributed by atoms with van der Waals surface area (Å²) in [7, 11) is 1.63. The van der Waals surface area contributed by atoms with Gasteiger partial charge in [0.15, 0.2) is 0 Å². The lowest BCUT2D eigenvalue weighted by Gasteiger charge is -2.36. The van der Waals surface area contributed by atoms with E-state index in [0.29, 0.717) is 18.8 Å². The van der Waals surface area contributed by atoms with Gasteiger partial charge in [0.05, 0.1) is 12.6 Å². The fourth-order valence-corrected chi connectivity index (χ4v) is 3.70. The normalized spacial score (nSPS) is 17.2. The Bertz CT molecular complexity index is 690. The Labute approximate surface area is 158 Å². The molecule has 1 atom stereocenters. The maximum absolute atomic E-state index is 12.9. The second kappa shape index (κ2) is 9.29. The van der Waals surface area contributed by atoms with Gasteiger partial charge in [0.2, 0.25) is 0 Å². The molecule has 0 bridgehead atoms. The Hall–Kier alpha value is -1.47. The summed E-state index contributed by atoms with van der Waals surface area (Å²) in [6.07, 6.45) is 1.02. The van der Waals surface area contributed by atoms with Crippen molar-refractivity contribution >= 4 is 29.7 Å². The quantitative estimate of drug-likeness (QED) is 0.864. The van der Waals surface area contributed by atoms with Crippen molar-refractivity contribution in [2.24, 2.45) is 0 Å². The number of nitrogens with zero attached hydrogens (tertiary/aromatic N) is 2. The zero-order chi connectivity index (χ0) is 16.9. The van der Waals surface area contributed by atoms with Gasteiger partial charge in [-0.3, -0.25) is 4.79 Å². The molecule has 1 aliphatic heterocycles. The highest BCUT2D eigenvalue weighted by Crippen LogP contribution is 2.25. The van der Waals surface area contributed by atoms with Crippen LogP contribution in [-0.4, -0.2) is 42.5 Å². The number of aryl methyl sites for hydroxylation is 1. The van der Waals surface area contributed by atoms with Crippen molar-refractivity contribution in [3.05, 3.63) is 51.5 Å². The van der Waals surface area contributed by atoms with Crippen LogP contribution in [0.2, 0.25) is 0 Å².